The van der Waals surface area contributed by atoms with Crippen molar-refractivity contribution in [2.24, 2.45) is 10.3 Å². The van der Waals surface area contributed by atoms with Crippen LogP contribution in [0.4, 0.5) is 0 Å². The molecule has 0 aliphatic heterocycles. The van der Waals surface area contributed by atoms with E-state index in [9.17, 15) is 0 Å². The zero-order chi connectivity index (χ0) is 8.81. The van der Waals surface area contributed by atoms with Crippen molar-refractivity contribution in [3.63, 3.8) is 0 Å². The van der Waals surface area contributed by atoms with Crippen molar-refractivity contribution < 1.29 is 0 Å². The molecule has 0 radical (unpaired) electrons. The van der Waals surface area contributed by atoms with E-state index >= 15 is 0 Å². The van der Waals surface area contributed by atoms with Crippen molar-refractivity contribution in [1.82, 2.24) is 0 Å². The molecule has 0 heterocycles. The fourth-order valence-corrected chi connectivity index (χ4v) is 1.63. The van der Waals surface area contributed by atoms with Gasteiger partial charge in [0, 0.05) is 0 Å². The van der Waals surface area contributed by atoms with Gasteiger partial charge in [-0.1, -0.05) is 30.3 Å². The molecule has 0 atom stereocenters. The van der Waals surface area contributed by atoms with Gasteiger partial charge in [0.2, 0.25) is 0 Å². The van der Waals surface area contributed by atoms with Crippen molar-refractivity contribution in [2.45, 2.75) is 12.8 Å². The average Bonchev–Trinajstić information content (AvgIpc) is 2.05. The van der Waals surface area contributed by atoms with Crippen molar-refractivity contribution in [2.75, 3.05) is 5.75 Å². The molecule has 0 spiro atoms. The zero-order valence-electron chi connectivity index (χ0n) is 7.11. The molecule has 0 bridgehead atoms. The molecule has 0 fully saturated rings. The maximum absolute atomic E-state index is 5.50. The topological polar surface area (TPSA) is 52.0 Å². The van der Waals surface area contributed by atoms with Crippen molar-refractivity contribution in [1.29, 1.82) is 0 Å². The monoisotopic (exact) mass is 184 g/mol. The minimum absolute atomic E-state index is 0.697. The lowest BCUT2D eigenvalue weighted by Gasteiger charge is -2.08. The molecule has 0 unspecified atom stereocenters. The second-order valence-electron chi connectivity index (χ2n) is 2.83. The van der Waals surface area contributed by atoms with Crippen molar-refractivity contribution >= 4 is 11.3 Å². The van der Waals surface area contributed by atoms with Gasteiger partial charge in [-0.3, -0.25) is 10.3 Å². The molecule has 0 saturated carbocycles. The molecule has 0 saturated heterocycles. The van der Waals surface area contributed by atoms with E-state index in [-0.39, 0.29) is 0 Å². The van der Waals surface area contributed by atoms with Gasteiger partial charge in [-0.25, -0.2) is 0 Å². The van der Waals surface area contributed by atoms with Gasteiger partial charge >= 0.3 is 0 Å². The molecule has 1 aromatic rings. The second kappa shape index (κ2) is 5.19. The molecule has 0 aliphatic rings. The van der Waals surface area contributed by atoms with Gasteiger partial charge in [-0.15, -0.1) is 0 Å². The number of aryl methyl sites for hydroxylation is 1. The van der Waals surface area contributed by atoms with Crippen LogP contribution in [0.5, 0.6) is 0 Å². The Kier molecular flexibility index (Phi) is 4.14. The number of nitrogens with two attached hydrogens (primary N) is 2. The van der Waals surface area contributed by atoms with Crippen LogP contribution in [0.25, 0.3) is 0 Å². The highest BCUT2D eigenvalue weighted by atomic mass is 32.2. The summed E-state index contributed by atoms with van der Waals surface area (Å²) >= 11 is -0.697. The van der Waals surface area contributed by atoms with Crippen molar-refractivity contribution in [3.05, 3.63) is 35.9 Å². The first-order chi connectivity index (χ1) is 5.79. The van der Waals surface area contributed by atoms with Gasteiger partial charge in [0.25, 0.3) is 0 Å². The third kappa shape index (κ3) is 3.76. The first kappa shape index (κ1) is 9.58. The van der Waals surface area contributed by atoms with Crippen LogP contribution in [0.1, 0.15) is 12.0 Å². The van der Waals surface area contributed by atoms with Gasteiger partial charge < -0.3 is 0 Å². The standard InChI is InChI=1S/C9H16N2S/c10-12(11)8-4-7-9-5-2-1-3-6-9/h1-3,5-6,12H,4,7-8,10-11H2. The van der Waals surface area contributed by atoms with Gasteiger partial charge in [0.05, 0.1) is 0 Å². The normalized spacial score (nSPS) is 11.3. The van der Waals surface area contributed by atoms with E-state index in [4.69, 9.17) is 10.3 Å². The fourth-order valence-electron chi connectivity index (χ4n) is 1.11. The van der Waals surface area contributed by atoms with E-state index < -0.39 is 11.3 Å². The summed E-state index contributed by atoms with van der Waals surface area (Å²) in [5.74, 6) is 0.963. The van der Waals surface area contributed by atoms with Gasteiger partial charge in [0.1, 0.15) is 0 Å². The molecule has 1 rings (SSSR count). The number of rotatable bonds is 4. The minimum Gasteiger partial charge on any atom is -0.286 e. The van der Waals surface area contributed by atoms with E-state index in [2.05, 4.69) is 24.3 Å². The number of thiol groups is 1. The molecule has 0 amide bonds. The molecule has 12 heavy (non-hydrogen) atoms. The Morgan fingerprint density at radius 1 is 1.08 bits per heavy atom. The molecule has 68 valence electrons. The van der Waals surface area contributed by atoms with Crippen LogP contribution in [-0.4, -0.2) is 5.75 Å². The van der Waals surface area contributed by atoms with Crippen molar-refractivity contribution in [3.8, 4) is 0 Å². The molecule has 4 N–H and O–H groups in total. The Balaban J connectivity index is 2.25. The summed E-state index contributed by atoms with van der Waals surface area (Å²) in [6.07, 6.45) is 2.19. The SMILES string of the molecule is N[SH](N)CCCc1ccccc1. The average molecular weight is 184 g/mol. The quantitative estimate of drug-likeness (QED) is 0.619. The molecule has 0 aliphatic carbocycles. The lowest BCUT2D eigenvalue weighted by Crippen LogP contribution is -2.08. The Morgan fingerprint density at radius 2 is 1.75 bits per heavy atom. The summed E-state index contributed by atoms with van der Waals surface area (Å²) in [5, 5.41) is 11.0. The number of benzene rings is 1. The van der Waals surface area contributed by atoms with E-state index in [1.807, 2.05) is 6.07 Å². The highest BCUT2D eigenvalue weighted by molar-refractivity contribution is 8.13. The Labute approximate surface area is 76.6 Å². The highest BCUT2D eigenvalue weighted by Crippen LogP contribution is 2.08. The third-order valence-corrected chi connectivity index (χ3v) is 2.56. The highest BCUT2D eigenvalue weighted by Gasteiger charge is 1.92. The van der Waals surface area contributed by atoms with Crippen LogP contribution in [0.15, 0.2) is 30.3 Å². The summed E-state index contributed by atoms with van der Waals surface area (Å²) in [6.45, 7) is 0. The molecular formula is C9H16N2S. The van der Waals surface area contributed by atoms with Crippen LogP contribution in [0.3, 0.4) is 0 Å². The smallest absolute Gasteiger partial charge is 0.00142 e. The number of hydrogen-bond donors (Lipinski definition) is 3. The lowest BCUT2D eigenvalue weighted by atomic mass is 10.1. The molecule has 2 nitrogen and oxygen atoms in total. The van der Waals surface area contributed by atoms with Crippen LogP contribution in [0.2, 0.25) is 0 Å². The lowest BCUT2D eigenvalue weighted by molar-refractivity contribution is 0.930. The predicted molar refractivity (Wildman–Crippen MR) is 57.0 cm³/mol. The first-order valence-corrected chi connectivity index (χ1v) is 5.76. The van der Waals surface area contributed by atoms with Crippen LogP contribution >= 0.6 is 11.3 Å². The molecule has 0 aromatic heterocycles. The second-order valence-corrected chi connectivity index (χ2v) is 4.30. The first-order valence-electron chi connectivity index (χ1n) is 4.10. The maximum atomic E-state index is 5.50. The molecule has 3 heteroatoms. The minimum atomic E-state index is -0.697. The predicted octanol–water partition coefficient (Wildman–Crippen LogP) is 1.37. The Hall–Kier alpha value is -0.510. The van der Waals surface area contributed by atoms with Crippen LogP contribution < -0.4 is 10.3 Å². The van der Waals surface area contributed by atoms with E-state index in [1.54, 1.807) is 0 Å². The summed E-state index contributed by atoms with van der Waals surface area (Å²) in [5.41, 5.74) is 1.37. The summed E-state index contributed by atoms with van der Waals surface area (Å²) in [4.78, 5) is 0. The van der Waals surface area contributed by atoms with E-state index in [1.165, 1.54) is 5.56 Å². The zero-order valence-corrected chi connectivity index (χ0v) is 8.00. The van der Waals surface area contributed by atoms with Gasteiger partial charge in [0.15, 0.2) is 0 Å². The van der Waals surface area contributed by atoms with Crippen LogP contribution in [0, 0.1) is 0 Å². The summed E-state index contributed by atoms with van der Waals surface area (Å²) in [7, 11) is 0. The third-order valence-electron chi connectivity index (χ3n) is 1.72. The van der Waals surface area contributed by atoms with Gasteiger partial charge in [-0.05, 0) is 24.2 Å². The Bertz CT molecular complexity index is 211. The Morgan fingerprint density at radius 3 is 2.33 bits per heavy atom. The molecule has 1 aromatic carbocycles. The largest absolute Gasteiger partial charge is 0.286 e. The number of hydrogen-bond acceptors (Lipinski definition) is 2. The molecular weight excluding hydrogens is 168 g/mol. The summed E-state index contributed by atoms with van der Waals surface area (Å²) < 4.78 is 0. The summed E-state index contributed by atoms with van der Waals surface area (Å²) in [6, 6.07) is 10.4. The fraction of sp³-hybridized carbons (Fsp3) is 0.333. The maximum Gasteiger partial charge on any atom is -0.00142 e. The van der Waals surface area contributed by atoms with Crippen LogP contribution in [-0.2, 0) is 6.42 Å². The van der Waals surface area contributed by atoms with E-state index in [0.717, 1.165) is 18.6 Å². The van der Waals surface area contributed by atoms with E-state index in [0.29, 0.717) is 0 Å². The van der Waals surface area contributed by atoms with Gasteiger partial charge in [-0.2, -0.15) is 11.3 Å².